The predicted molar refractivity (Wildman–Crippen MR) is 113 cm³/mol. The molecule has 6 nitrogen and oxygen atoms in total. The molecule has 0 radical (unpaired) electrons. The second-order valence-corrected chi connectivity index (χ2v) is 8.44. The molecule has 0 bridgehead atoms. The highest BCUT2D eigenvalue weighted by Crippen LogP contribution is 2.32. The molecule has 0 spiro atoms. The van der Waals surface area contributed by atoms with Gasteiger partial charge in [0.15, 0.2) is 5.82 Å². The number of hydrogen-bond donors (Lipinski definition) is 0. The van der Waals surface area contributed by atoms with Gasteiger partial charge in [0.1, 0.15) is 0 Å². The fourth-order valence-electron chi connectivity index (χ4n) is 4.96. The standard InChI is InChI=1S/C22H34N6/c1-4-20(22-23-24-25-28(22)19-10-6-5-7-11-19)26-13-15-27(16-14-26)21-12-8-9-17(2)18(21)3/h8-9,12,19-20H,4-7,10-11,13-16H2,1-3H3. The number of nitrogens with zero attached hydrogens (tertiary/aromatic N) is 6. The summed E-state index contributed by atoms with van der Waals surface area (Å²) in [6.45, 7) is 10.9. The van der Waals surface area contributed by atoms with Gasteiger partial charge in [-0.3, -0.25) is 4.90 Å². The Balaban J connectivity index is 1.46. The van der Waals surface area contributed by atoms with Gasteiger partial charge in [-0.25, -0.2) is 4.68 Å². The fourth-order valence-corrected chi connectivity index (χ4v) is 4.96. The van der Waals surface area contributed by atoms with E-state index >= 15 is 0 Å². The zero-order valence-corrected chi connectivity index (χ0v) is 17.6. The second kappa shape index (κ2) is 8.60. The molecule has 2 aromatic rings. The number of aryl methyl sites for hydroxylation is 1. The van der Waals surface area contributed by atoms with Crippen molar-refractivity contribution in [2.75, 3.05) is 31.1 Å². The van der Waals surface area contributed by atoms with E-state index in [1.807, 2.05) is 0 Å². The molecule has 1 saturated carbocycles. The van der Waals surface area contributed by atoms with Crippen molar-refractivity contribution in [3.8, 4) is 0 Å². The smallest absolute Gasteiger partial charge is 0.168 e. The Kier molecular flexibility index (Phi) is 5.95. The van der Waals surface area contributed by atoms with E-state index in [1.165, 1.54) is 48.9 Å². The van der Waals surface area contributed by atoms with E-state index in [-0.39, 0.29) is 0 Å². The highest BCUT2D eigenvalue weighted by molar-refractivity contribution is 5.56. The van der Waals surface area contributed by atoms with Crippen LogP contribution in [0.4, 0.5) is 5.69 Å². The Hall–Kier alpha value is -1.95. The summed E-state index contributed by atoms with van der Waals surface area (Å²) >= 11 is 0. The van der Waals surface area contributed by atoms with Crippen LogP contribution >= 0.6 is 0 Å². The highest BCUT2D eigenvalue weighted by atomic mass is 15.6. The molecule has 4 rings (SSSR count). The van der Waals surface area contributed by atoms with Crippen molar-refractivity contribution >= 4 is 5.69 Å². The molecule has 1 unspecified atom stereocenters. The second-order valence-electron chi connectivity index (χ2n) is 8.44. The Morgan fingerprint density at radius 3 is 2.50 bits per heavy atom. The van der Waals surface area contributed by atoms with Crippen molar-refractivity contribution in [1.29, 1.82) is 0 Å². The van der Waals surface area contributed by atoms with Crippen LogP contribution in [0.25, 0.3) is 0 Å². The van der Waals surface area contributed by atoms with Crippen molar-refractivity contribution in [3.05, 3.63) is 35.2 Å². The van der Waals surface area contributed by atoms with E-state index in [1.54, 1.807) is 0 Å². The van der Waals surface area contributed by atoms with Gasteiger partial charge in [0.25, 0.3) is 0 Å². The lowest BCUT2D eigenvalue weighted by Gasteiger charge is -2.40. The molecule has 1 atom stereocenters. The van der Waals surface area contributed by atoms with Gasteiger partial charge in [-0.05, 0) is 60.7 Å². The number of tetrazole rings is 1. The monoisotopic (exact) mass is 382 g/mol. The van der Waals surface area contributed by atoms with E-state index in [9.17, 15) is 0 Å². The van der Waals surface area contributed by atoms with E-state index < -0.39 is 0 Å². The van der Waals surface area contributed by atoms with Crippen LogP contribution in [0.2, 0.25) is 0 Å². The van der Waals surface area contributed by atoms with E-state index in [2.05, 4.69) is 69.0 Å². The third-order valence-corrected chi connectivity index (χ3v) is 6.80. The molecular weight excluding hydrogens is 348 g/mol. The molecule has 152 valence electrons. The van der Waals surface area contributed by atoms with Gasteiger partial charge < -0.3 is 4.90 Å². The molecule has 2 fully saturated rings. The Morgan fingerprint density at radius 1 is 1.04 bits per heavy atom. The maximum absolute atomic E-state index is 4.49. The van der Waals surface area contributed by atoms with Gasteiger partial charge in [-0.1, -0.05) is 38.3 Å². The van der Waals surface area contributed by atoms with Crippen LogP contribution in [0.3, 0.4) is 0 Å². The maximum atomic E-state index is 4.49. The number of benzene rings is 1. The first-order valence-electron chi connectivity index (χ1n) is 11.0. The topological polar surface area (TPSA) is 50.1 Å². The molecule has 0 N–H and O–H groups in total. The summed E-state index contributed by atoms with van der Waals surface area (Å²) in [7, 11) is 0. The third-order valence-electron chi connectivity index (χ3n) is 6.80. The number of aromatic nitrogens is 4. The number of anilines is 1. The zero-order chi connectivity index (χ0) is 19.5. The largest absolute Gasteiger partial charge is 0.369 e. The average molecular weight is 383 g/mol. The first-order chi connectivity index (χ1) is 13.7. The zero-order valence-electron chi connectivity index (χ0n) is 17.6. The molecule has 6 heteroatoms. The van der Waals surface area contributed by atoms with E-state index in [4.69, 9.17) is 0 Å². The number of piperazine rings is 1. The Bertz CT molecular complexity index is 771. The number of rotatable bonds is 5. The average Bonchev–Trinajstić information content (AvgIpc) is 3.21. The lowest BCUT2D eigenvalue weighted by atomic mass is 9.95. The molecule has 2 heterocycles. The summed E-state index contributed by atoms with van der Waals surface area (Å²) in [5.74, 6) is 1.08. The first kappa shape index (κ1) is 19.4. The maximum Gasteiger partial charge on any atom is 0.168 e. The first-order valence-corrected chi connectivity index (χ1v) is 11.0. The molecule has 2 aliphatic rings. The van der Waals surface area contributed by atoms with Crippen molar-refractivity contribution in [2.45, 2.75) is 71.4 Å². The van der Waals surface area contributed by atoms with Crippen LogP contribution in [0.15, 0.2) is 18.2 Å². The summed E-state index contributed by atoms with van der Waals surface area (Å²) in [6.07, 6.45) is 7.44. The summed E-state index contributed by atoms with van der Waals surface area (Å²) in [5.41, 5.74) is 4.17. The van der Waals surface area contributed by atoms with Crippen molar-refractivity contribution in [3.63, 3.8) is 0 Å². The van der Waals surface area contributed by atoms with Crippen LogP contribution < -0.4 is 4.90 Å². The SMILES string of the molecule is CCC(c1nnnn1C1CCCCC1)N1CCN(c2cccc(C)c2C)CC1. The van der Waals surface area contributed by atoms with Gasteiger partial charge in [0.2, 0.25) is 0 Å². The van der Waals surface area contributed by atoms with Crippen molar-refractivity contribution in [1.82, 2.24) is 25.1 Å². The molecular formula is C22H34N6. The van der Waals surface area contributed by atoms with Crippen LogP contribution in [-0.2, 0) is 0 Å². The molecule has 0 amide bonds. The molecule has 1 aromatic heterocycles. The minimum atomic E-state index is 0.317. The van der Waals surface area contributed by atoms with Crippen molar-refractivity contribution < 1.29 is 0 Å². The molecule has 28 heavy (non-hydrogen) atoms. The van der Waals surface area contributed by atoms with Gasteiger partial charge in [0.05, 0.1) is 12.1 Å². The molecule has 1 aliphatic heterocycles. The van der Waals surface area contributed by atoms with E-state index in [0.29, 0.717) is 12.1 Å². The summed E-state index contributed by atoms with van der Waals surface area (Å²) in [5, 5.41) is 13.0. The summed E-state index contributed by atoms with van der Waals surface area (Å²) < 4.78 is 2.16. The van der Waals surface area contributed by atoms with Gasteiger partial charge in [-0.2, -0.15) is 0 Å². The van der Waals surface area contributed by atoms with Crippen LogP contribution in [0.5, 0.6) is 0 Å². The highest BCUT2D eigenvalue weighted by Gasteiger charge is 2.30. The minimum Gasteiger partial charge on any atom is -0.369 e. The normalized spacial score (nSPS) is 20.5. The van der Waals surface area contributed by atoms with Gasteiger partial charge in [0, 0.05) is 31.9 Å². The lowest BCUT2D eigenvalue weighted by molar-refractivity contribution is 0.163. The Labute approximate surface area is 168 Å². The molecule has 1 saturated heterocycles. The van der Waals surface area contributed by atoms with Crippen molar-refractivity contribution in [2.24, 2.45) is 0 Å². The molecule has 1 aliphatic carbocycles. The quantitative estimate of drug-likeness (QED) is 0.780. The summed E-state index contributed by atoms with van der Waals surface area (Å²) in [4.78, 5) is 5.13. The minimum absolute atomic E-state index is 0.317. The number of hydrogen-bond acceptors (Lipinski definition) is 5. The van der Waals surface area contributed by atoms with Crippen LogP contribution in [0, 0.1) is 13.8 Å². The van der Waals surface area contributed by atoms with Gasteiger partial charge >= 0.3 is 0 Å². The predicted octanol–water partition coefficient (Wildman–Crippen LogP) is 4.07. The fraction of sp³-hybridized carbons (Fsp3) is 0.682. The van der Waals surface area contributed by atoms with E-state index in [0.717, 1.165) is 38.4 Å². The van der Waals surface area contributed by atoms with Crippen LogP contribution in [0.1, 0.15) is 74.5 Å². The van der Waals surface area contributed by atoms with Crippen LogP contribution in [-0.4, -0.2) is 51.3 Å². The summed E-state index contributed by atoms with van der Waals surface area (Å²) in [6, 6.07) is 7.45. The van der Waals surface area contributed by atoms with Gasteiger partial charge in [-0.15, -0.1) is 5.10 Å². The Morgan fingerprint density at radius 2 is 1.79 bits per heavy atom. The lowest BCUT2D eigenvalue weighted by Crippen LogP contribution is -2.48. The molecule has 1 aromatic carbocycles. The third kappa shape index (κ3) is 3.79.